The fraction of sp³-hybridized carbons (Fsp3) is 0.700. The Morgan fingerprint density at radius 1 is 0.739 bits per heavy atom. The summed E-state index contributed by atoms with van der Waals surface area (Å²) in [7, 11) is 1.68. The van der Waals surface area contributed by atoms with E-state index in [2.05, 4.69) is 12.1 Å². The molecule has 0 bridgehead atoms. The summed E-state index contributed by atoms with van der Waals surface area (Å²) >= 11 is 0. The second-order valence-corrected chi connectivity index (χ2v) is 6.16. The summed E-state index contributed by atoms with van der Waals surface area (Å²) < 4.78 is 10.9. The molecule has 0 fully saturated rings. The van der Waals surface area contributed by atoms with Gasteiger partial charge in [-0.3, -0.25) is 0 Å². The Morgan fingerprint density at radius 3 is 1.78 bits per heavy atom. The van der Waals surface area contributed by atoms with Crippen molar-refractivity contribution in [3.63, 3.8) is 0 Å². The summed E-state index contributed by atoms with van der Waals surface area (Å²) in [6.07, 6.45) is 12.6. The van der Waals surface area contributed by atoms with Crippen molar-refractivity contribution in [1.29, 1.82) is 0 Å². The van der Waals surface area contributed by atoms with Gasteiger partial charge in [-0.05, 0) is 30.5 Å². The molecule has 1 N–H and O–H groups in total. The van der Waals surface area contributed by atoms with Gasteiger partial charge in [0.2, 0.25) is 0 Å². The Balaban J connectivity index is 1.82. The Bertz CT molecular complexity index is 362. The first-order valence-corrected chi connectivity index (χ1v) is 9.18. The molecule has 0 aliphatic carbocycles. The molecule has 0 atom stereocenters. The largest absolute Gasteiger partial charge is 0.497 e. The third-order valence-electron chi connectivity index (χ3n) is 4.12. The number of benzene rings is 1. The molecule has 0 aliphatic heterocycles. The van der Waals surface area contributed by atoms with Gasteiger partial charge in [-0.25, -0.2) is 0 Å². The smallest absolute Gasteiger partial charge is 0.118 e. The first kappa shape index (κ1) is 20.0. The van der Waals surface area contributed by atoms with Crippen LogP contribution in [0, 0.1) is 0 Å². The van der Waals surface area contributed by atoms with Crippen LogP contribution in [-0.2, 0) is 11.3 Å². The fourth-order valence-electron chi connectivity index (χ4n) is 2.64. The van der Waals surface area contributed by atoms with Gasteiger partial charge in [-0.15, -0.1) is 0 Å². The molecule has 3 heteroatoms. The lowest BCUT2D eigenvalue weighted by Gasteiger charge is -2.06. The van der Waals surface area contributed by atoms with Crippen molar-refractivity contribution in [3.8, 4) is 5.75 Å². The highest BCUT2D eigenvalue weighted by molar-refractivity contribution is 5.26. The van der Waals surface area contributed by atoms with Crippen molar-refractivity contribution in [2.45, 2.75) is 70.8 Å². The van der Waals surface area contributed by atoms with Crippen molar-refractivity contribution in [1.82, 2.24) is 0 Å². The highest BCUT2D eigenvalue weighted by Crippen LogP contribution is 2.13. The number of hydrogen-bond donors (Lipinski definition) is 1. The van der Waals surface area contributed by atoms with Gasteiger partial charge in [0, 0.05) is 13.2 Å². The highest BCUT2D eigenvalue weighted by Gasteiger charge is 1.96. The average Bonchev–Trinajstić information content (AvgIpc) is 2.59. The Hall–Kier alpha value is -1.06. The zero-order chi connectivity index (χ0) is 16.6. The summed E-state index contributed by atoms with van der Waals surface area (Å²) in [5, 5.41) is 8.70. The molecule has 1 aromatic carbocycles. The summed E-state index contributed by atoms with van der Waals surface area (Å²) in [5.74, 6) is 0.891. The summed E-state index contributed by atoms with van der Waals surface area (Å²) in [6.45, 7) is 1.89. The Morgan fingerprint density at radius 2 is 1.26 bits per heavy atom. The van der Waals surface area contributed by atoms with E-state index < -0.39 is 0 Å². The van der Waals surface area contributed by atoms with Crippen molar-refractivity contribution >= 4 is 0 Å². The van der Waals surface area contributed by atoms with Crippen molar-refractivity contribution < 1.29 is 14.6 Å². The van der Waals surface area contributed by atoms with Gasteiger partial charge in [-0.2, -0.15) is 0 Å². The number of aliphatic hydroxyl groups is 1. The van der Waals surface area contributed by atoms with Crippen LogP contribution in [-0.4, -0.2) is 25.4 Å². The van der Waals surface area contributed by atoms with Crippen LogP contribution in [0.1, 0.15) is 69.8 Å². The van der Waals surface area contributed by atoms with E-state index in [1.165, 1.54) is 56.9 Å². The minimum absolute atomic E-state index is 0.348. The lowest BCUT2D eigenvalue weighted by Crippen LogP contribution is -1.96. The minimum Gasteiger partial charge on any atom is -0.497 e. The van der Waals surface area contributed by atoms with Gasteiger partial charge >= 0.3 is 0 Å². The molecule has 23 heavy (non-hydrogen) atoms. The molecule has 0 saturated heterocycles. The van der Waals surface area contributed by atoms with Gasteiger partial charge in [0.25, 0.3) is 0 Å². The van der Waals surface area contributed by atoms with E-state index in [-0.39, 0.29) is 0 Å². The molecular formula is C20H34O3. The van der Waals surface area contributed by atoms with E-state index in [0.717, 1.165) is 25.2 Å². The second-order valence-electron chi connectivity index (χ2n) is 6.16. The van der Waals surface area contributed by atoms with Crippen LogP contribution in [0.15, 0.2) is 24.3 Å². The zero-order valence-corrected chi connectivity index (χ0v) is 14.8. The molecule has 0 heterocycles. The molecule has 132 valence electrons. The first-order valence-electron chi connectivity index (χ1n) is 9.18. The Labute approximate surface area is 142 Å². The highest BCUT2D eigenvalue weighted by atomic mass is 16.5. The molecule has 0 aliphatic rings. The number of rotatable bonds is 15. The van der Waals surface area contributed by atoms with Gasteiger partial charge in [0.1, 0.15) is 5.75 Å². The average molecular weight is 322 g/mol. The number of ether oxygens (including phenoxy) is 2. The summed E-state index contributed by atoms with van der Waals surface area (Å²) in [6, 6.07) is 8.06. The molecule has 0 radical (unpaired) electrons. The predicted octanol–water partition coefficient (Wildman–Crippen LogP) is 5.11. The van der Waals surface area contributed by atoms with Crippen LogP contribution in [0.25, 0.3) is 0 Å². The van der Waals surface area contributed by atoms with Gasteiger partial charge in [0.05, 0.1) is 13.7 Å². The van der Waals surface area contributed by atoms with Crippen LogP contribution in [0.5, 0.6) is 5.75 Å². The minimum atomic E-state index is 0.348. The van der Waals surface area contributed by atoms with Crippen molar-refractivity contribution in [2.24, 2.45) is 0 Å². The van der Waals surface area contributed by atoms with Crippen LogP contribution in [0.2, 0.25) is 0 Å². The first-order chi connectivity index (χ1) is 11.4. The molecular weight excluding hydrogens is 288 g/mol. The number of methoxy groups -OCH3 is 1. The SMILES string of the molecule is COc1ccc(COCCCCCCCCCCCCO)cc1. The van der Waals surface area contributed by atoms with E-state index in [0.29, 0.717) is 13.2 Å². The maximum Gasteiger partial charge on any atom is 0.118 e. The normalized spacial score (nSPS) is 10.9. The summed E-state index contributed by atoms with van der Waals surface area (Å²) in [4.78, 5) is 0. The Kier molecular flexibility index (Phi) is 12.6. The predicted molar refractivity (Wildman–Crippen MR) is 95.9 cm³/mol. The van der Waals surface area contributed by atoms with E-state index in [1.807, 2.05) is 12.1 Å². The third kappa shape index (κ3) is 11.2. The molecule has 0 spiro atoms. The van der Waals surface area contributed by atoms with Crippen molar-refractivity contribution in [2.75, 3.05) is 20.3 Å². The van der Waals surface area contributed by atoms with Crippen LogP contribution in [0.3, 0.4) is 0 Å². The van der Waals surface area contributed by atoms with Gasteiger partial charge in [0.15, 0.2) is 0 Å². The molecule has 0 unspecified atom stereocenters. The van der Waals surface area contributed by atoms with Gasteiger partial charge in [-0.1, -0.05) is 63.5 Å². The molecule has 0 saturated carbocycles. The lowest BCUT2D eigenvalue weighted by atomic mass is 10.1. The van der Waals surface area contributed by atoms with E-state index in [1.54, 1.807) is 7.11 Å². The van der Waals surface area contributed by atoms with E-state index >= 15 is 0 Å². The standard InChI is InChI=1S/C20H34O3/c1-22-20-14-12-19(13-15-20)18-23-17-11-9-7-5-3-2-4-6-8-10-16-21/h12-15,21H,2-11,16-18H2,1H3. The number of hydrogen-bond acceptors (Lipinski definition) is 3. The fourth-order valence-corrected chi connectivity index (χ4v) is 2.64. The molecule has 1 rings (SSSR count). The summed E-state index contributed by atoms with van der Waals surface area (Å²) in [5.41, 5.74) is 1.20. The monoisotopic (exact) mass is 322 g/mol. The molecule has 1 aromatic rings. The second kappa shape index (κ2) is 14.5. The van der Waals surface area contributed by atoms with E-state index in [4.69, 9.17) is 14.6 Å². The molecule has 3 nitrogen and oxygen atoms in total. The van der Waals surface area contributed by atoms with E-state index in [9.17, 15) is 0 Å². The number of unbranched alkanes of at least 4 members (excludes halogenated alkanes) is 9. The zero-order valence-electron chi connectivity index (χ0n) is 14.8. The maximum absolute atomic E-state index is 8.70. The number of aliphatic hydroxyl groups excluding tert-OH is 1. The van der Waals surface area contributed by atoms with Crippen LogP contribution >= 0.6 is 0 Å². The molecule has 0 aromatic heterocycles. The maximum atomic E-state index is 8.70. The van der Waals surface area contributed by atoms with Crippen molar-refractivity contribution in [3.05, 3.63) is 29.8 Å². The lowest BCUT2D eigenvalue weighted by molar-refractivity contribution is 0.116. The van der Waals surface area contributed by atoms with Gasteiger partial charge < -0.3 is 14.6 Å². The third-order valence-corrected chi connectivity index (χ3v) is 4.12. The quantitative estimate of drug-likeness (QED) is 0.456. The van der Waals surface area contributed by atoms with Crippen LogP contribution < -0.4 is 4.74 Å². The topological polar surface area (TPSA) is 38.7 Å². The molecule has 0 amide bonds. The van der Waals surface area contributed by atoms with Crippen LogP contribution in [0.4, 0.5) is 0 Å².